The molecule has 88 heavy (non-hydrogen) atoms. The smallest absolute Gasteiger partial charge is 0.168 e. The van der Waals surface area contributed by atoms with Crippen molar-refractivity contribution in [3.63, 3.8) is 0 Å². The minimum absolute atomic E-state index is 0.0211. The van der Waals surface area contributed by atoms with E-state index in [1.165, 1.54) is 327 Å². The van der Waals surface area contributed by atoms with Gasteiger partial charge in [0.1, 0.15) is 0 Å². The van der Waals surface area contributed by atoms with E-state index in [0.717, 1.165) is 66.2 Å². The number of unbranched alkanes of at least 4 members (excludes halogenated alkanes) is 52. The highest BCUT2D eigenvalue weighted by atomic mass is 16.5. The number of Topliss-reactive ketones (excluding diaryl/α,β-unsaturated/α-hetero) is 1. The number of aromatic nitrogens is 2. The van der Waals surface area contributed by atoms with E-state index in [4.69, 9.17) is 18.9 Å². The molecule has 0 saturated carbocycles. The Balaban J connectivity index is 1.57. The van der Waals surface area contributed by atoms with Gasteiger partial charge < -0.3 is 18.9 Å². The van der Waals surface area contributed by atoms with Gasteiger partial charge in [-0.15, -0.1) is 0 Å². The zero-order valence-corrected chi connectivity index (χ0v) is 58.7. The van der Waals surface area contributed by atoms with Crippen LogP contribution in [0.5, 0.6) is 23.0 Å². The number of nitrogens with one attached hydrogen (secondary N) is 1. The predicted octanol–water partition coefficient (Wildman–Crippen LogP) is 26.9. The fraction of sp³-hybridized carbons (Fsp3) is 0.802. The second kappa shape index (κ2) is 59.8. The second-order valence-corrected chi connectivity index (χ2v) is 27.0. The van der Waals surface area contributed by atoms with E-state index in [1.54, 1.807) is 0 Å². The number of aromatic amines is 1. The normalized spacial score (nSPS) is 11.5. The highest BCUT2D eigenvalue weighted by Crippen LogP contribution is 2.36. The van der Waals surface area contributed by atoms with Crippen LogP contribution in [-0.2, 0) is 6.42 Å². The van der Waals surface area contributed by atoms with Gasteiger partial charge in [0, 0.05) is 11.1 Å². The molecule has 0 aliphatic heterocycles. The average molecular weight is 1220 g/mol. The summed E-state index contributed by atoms with van der Waals surface area (Å²) in [4.78, 5) is 14.3. The van der Waals surface area contributed by atoms with Crippen LogP contribution in [0.4, 0.5) is 0 Å². The van der Waals surface area contributed by atoms with Crippen LogP contribution < -0.4 is 18.9 Å². The molecule has 0 amide bonds. The minimum atomic E-state index is 0.0211. The molecule has 3 rings (SSSR count). The van der Waals surface area contributed by atoms with Crippen molar-refractivity contribution < 1.29 is 23.7 Å². The summed E-state index contributed by atoms with van der Waals surface area (Å²) >= 11 is 0. The molecule has 0 bridgehead atoms. The number of hydrogen-bond donors (Lipinski definition) is 1. The third kappa shape index (κ3) is 43.3. The molecule has 1 heterocycles. The maximum absolute atomic E-state index is 14.3. The Morgan fingerprint density at radius 2 is 0.557 bits per heavy atom. The summed E-state index contributed by atoms with van der Waals surface area (Å²) in [6.45, 7) is 11.8. The molecule has 0 aliphatic rings. The summed E-state index contributed by atoms with van der Waals surface area (Å²) in [7, 11) is 0. The van der Waals surface area contributed by atoms with Gasteiger partial charge in [-0.1, -0.05) is 368 Å². The average Bonchev–Trinajstić information content (AvgIpc) is 3.65. The van der Waals surface area contributed by atoms with Crippen molar-refractivity contribution >= 4 is 5.78 Å². The molecule has 2 aromatic carbocycles. The number of carbonyl (C=O) groups is 1. The molecule has 7 nitrogen and oxygen atoms in total. The van der Waals surface area contributed by atoms with Crippen molar-refractivity contribution in [1.29, 1.82) is 0 Å². The zero-order valence-electron chi connectivity index (χ0n) is 58.7. The summed E-state index contributed by atoms with van der Waals surface area (Å²) in [6.07, 6.45) is 76.7. The first-order valence-electron chi connectivity index (χ1n) is 39.0. The standard InChI is InChI=1S/C81H142N2O5/c1-5-9-13-17-21-25-29-33-37-41-45-49-53-57-65-85-78-63-61-73(69-80(78)87-67-59-55-51-47-43-39-35-31-27-23-19-15-11-7-3)75-72-82-83-76(75)71-77(84)74-62-64-79(86-66-58-54-50-46-42-38-34-30-26-22-18-14-10-6-2)81(70-74)88-68-60-56-52-48-44-40-36-32-28-24-20-16-12-8-4/h61-64,69-70,72H,5-60,65-68,71H2,1-4H3,(H,82,83). The summed E-state index contributed by atoms with van der Waals surface area (Å²) < 4.78 is 26.1. The van der Waals surface area contributed by atoms with Crippen LogP contribution in [0.25, 0.3) is 11.1 Å². The fourth-order valence-corrected chi connectivity index (χ4v) is 12.7. The van der Waals surface area contributed by atoms with Gasteiger partial charge in [-0.05, 0) is 61.6 Å². The van der Waals surface area contributed by atoms with E-state index >= 15 is 0 Å². The van der Waals surface area contributed by atoms with Crippen LogP contribution in [0.15, 0.2) is 42.6 Å². The lowest BCUT2D eigenvalue weighted by atomic mass is 10.00. The molecule has 1 aromatic heterocycles. The summed E-state index contributed by atoms with van der Waals surface area (Å²) in [5.41, 5.74) is 3.31. The van der Waals surface area contributed by atoms with E-state index in [-0.39, 0.29) is 12.2 Å². The maximum atomic E-state index is 14.3. The second-order valence-electron chi connectivity index (χ2n) is 27.0. The number of H-pyrrole nitrogens is 1. The quantitative estimate of drug-likeness (QED) is 0.0448. The monoisotopic (exact) mass is 1220 g/mol. The van der Waals surface area contributed by atoms with Crippen molar-refractivity contribution in [1.82, 2.24) is 10.2 Å². The summed E-state index contributed by atoms with van der Waals surface area (Å²) in [5, 5.41) is 7.70. The van der Waals surface area contributed by atoms with Gasteiger partial charge in [-0.2, -0.15) is 5.10 Å². The van der Waals surface area contributed by atoms with E-state index in [9.17, 15) is 4.79 Å². The van der Waals surface area contributed by atoms with Gasteiger partial charge in [0.05, 0.1) is 44.7 Å². The number of nitrogens with zero attached hydrogens (tertiary/aromatic N) is 1. The molecule has 0 fully saturated rings. The van der Waals surface area contributed by atoms with Gasteiger partial charge in [0.25, 0.3) is 0 Å². The molecule has 1 N–H and O–H groups in total. The van der Waals surface area contributed by atoms with Crippen molar-refractivity contribution in [3.8, 4) is 34.1 Å². The van der Waals surface area contributed by atoms with E-state index < -0.39 is 0 Å². The molecular weight excluding hydrogens is 1080 g/mol. The number of hydrogen-bond acceptors (Lipinski definition) is 6. The lowest BCUT2D eigenvalue weighted by molar-refractivity contribution is 0.0991. The highest BCUT2D eigenvalue weighted by molar-refractivity contribution is 5.98. The Kier molecular flexibility index (Phi) is 53.5. The van der Waals surface area contributed by atoms with Gasteiger partial charge in [-0.25, -0.2) is 0 Å². The number of ketones is 1. The van der Waals surface area contributed by atoms with E-state index in [0.29, 0.717) is 37.7 Å². The lowest BCUT2D eigenvalue weighted by Gasteiger charge is -2.15. The SMILES string of the molecule is CCCCCCCCCCCCCCCCOc1ccc(C(=O)Cc2[nH]ncc2-c2ccc(OCCCCCCCCCCCCCCCC)c(OCCCCCCCCCCCCCCCC)c2)cc1OCCCCCCCCCCCCCCCC. The Labute approximate surface area is 545 Å². The largest absolute Gasteiger partial charge is 0.490 e. The van der Waals surface area contributed by atoms with E-state index in [1.807, 2.05) is 24.4 Å². The highest BCUT2D eigenvalue weighted by Gasteiger charge is 2.19. The number of rotatable bonds is 68. The molecule has 3 aromatic rings. The van der Waals surface area contributed by atoms with Gasteiger partial charge >= 0.3 is 0 Å². The topological polar surface area (TPSA) is 82.7 Å². The molecule has 0 spiro atoms. The molecule has 0 radical (unpaired) electrons. The van der Waals surface area contributed by atoms with Gasteiger partial charge in [0.2, 0.25) is 0 Å². The molecule has 0 atom stereocenters. The Bertz CT molecular complexity index is 1980. The van der Waals surface area contributed by atoms with Gasteiger partial charge in [0.15, 0.2) is 28.8 Å². The van der Waals surface area contributed by atoms with Crippen LogP contribution in [0.2, 0.25) is 0 Å². The molecule has 0 saturated heterocycles. The first-order chi connectivity index (χ1) is 43.6. The summed E-state index contributed by atoms with van der Waals surface area (Å²) in [5.74, 6) is 3.03. The first-order valence-corrected chi connectivity index (χ1v) is 39.0. The first kappa shape index (κ1) is 78.8. The van der Waals surface area contributed by atoms with Crippen LogP contribution in [-0.4, -0.2) is 42.4 Å². The van der Waals surface area contributed by atoms with Crippen molar-refractivity contribution in [2.75, 3.05) is 26.4 Å². The van der Waals surface area contributed by atoms with E-state index in [2.05, 4.69) is 56.1 Å². The molecular formula is C81H142N2O5. The zero-order chi connectivity index (χ0) is 62.5. The van der Waals surface area contributed by atoms with Crippen LogP contribution in [0.1, 0.15) is 403 Å². The lowest BCUT2D eigenvalue weighted by Crippen LogP contribution is -2.08. The van der Waals surface area contributed by atoms with Crippen molar-refractivity contribution in [2.24, 2.45) is 0 Å². The summed E-state index contributed by atoms with van der Waals surface area (Å²) in [6, 6.07) is 12.1. The number of ether oxygens (including phenoxy) is 4. The van der Waals surface area contributed by atoms with Crippen molar-refractivity contribution in [3.05, 3.63) is 53.9 Å². The molecule has 506 valence electrons. The van der Waals surface area contributed by atoms with Gasteiger partial charge in [-0.3, -0.25) is 9.89 Å². The molecule has 7 heteroatoms. The Morgan fingerprint density at radius 3 is 0.852 bits per heavy atom. The third-order valence-corrected chi connectivity index (χ3v) is 18.6. The van der Waals surface area contributed by atoms with Crippen molar-refractivity contribution in [2.45, 2.75) is 394 Å². The number of benzene rings is 2. The number of carbonyl (C=O) groups excluding carboxylic acids is 1. The van der Waals surface area contributed by atoms with Crippen LogP contribution in [0, 0.1) is 0 Å². The Hall–Kier alpha value is -3.48. The maximum Gasteiger partial charge on any atom is 0.168 e. The Morgan fingerprint density at radius 1 is 0.307 bits per heavy atom. The third-order valence-electron chi connectivity index (χ3n) is 18.6. The fourth-order valence-electron chi connectivity index (χ4n) is 12.7. The van der Waals surface area contributed by atoms with Crippen LogP contribution >= 0.6 is 0 Å². The minimum Gasteiger partial charge on any atom is -0.490 e. The molecule has 0 aliphatic carbocycles. The predicted molar refractivity (Wildman–Crippen MR) is 382 cm³/mol. The van der Waals surface area contributed by atoms with Crippen LogP contribution in [0.3, 0.4) is 0 Å². The molecule has 0 unspecified atom stereocenters.